The molecule has 1 atom stereocenters. The lowest BCUT2D eigenvalue weighted by atomic mass is 10.1. The zero-order valence-corrected chi connectivity index (χ0v) is 14.0. The third kappa shape index (κ3) is 3.87. The van der Waals surface area contributed by atoms with Crippen molar-refractivity contribution in [2.24, 2.45) is 0 Å². The number of thiazole rings is 1. The third-order valence-electron chi connectivity index (χ3n) is 3.47. The molecule has 1 aliphatic rings. The summed E-state index contributed by atoms with van der Waals surface area (Å²) in [4.78, 5) is 27.0. The number of anilines is 1. The van der Waals surface area contributed by atoms with Crippen molar-refractivity contribution in [1.29, 1.82) is 0 Å². The molecule has 2 heterocycles. The minimum absolute atomic E-state index is 0.107. The van der Waals surface area contributed by atoms with Gasteiger partial charge in [0.1, 0.15) is 0 Å². The number of ether oxygens (including phenoxy) is 2. The van der Waals surface area contributed by atoms with Gasteiger partial charge >= 0.3 is 18.0 Å². The molecular weight excluding hydrogens is 375 g/mol. The van der Waals surface area contributed by atoms with Gasteiger partial charge in [0.25, 0.3) is 0 Å². The van der Waals surface area contributed by atoms with Crippen molar-refractivity contribution in [1.82, 2.24) is 10.3 Å². The SMILES string of the molecule is CC(NC(=O)C(=O)Nc1nc(C(F)(F)F)cs1)c1ccc2c(c1)OCO2. The molecule has 2 amide bonds. The van der Waals surface area contributed by atoms with Crippen LogP contribution in [0.5, 0.6) is 11.5 Å². The van der Waals surface area contributed by atoms with Crippen molar-refractivity contribution in [3.8, 4) is 11.5 Å². The van der Waals surface area contributed by atoms with E-state index in [0.717, 1.165) is 5.38 Å². The number of aromatic nitrogens is 1. The predicted octanol–water partition coefficient (Wildman–Crippen LogP) is 2.71. The van der Waals surface area contributed by atoms with E-state index >= 15 is 0 Å². The van der Waals surface area contributed by atoms with E-state index < -0.39 is 29.7 Å². The highest BCUT2D eigenvalue weighted by atomic mass is 32.1. The number of rotatable bonds is 3. The molecule has 11 heteroatoms. The number of nitrogens with zero attached hydrogens (tertiary/aromatic N) is 1. The molecule has 2 aromatic rings. The van der Waals surface area contributed by atoms with Crippen LogP contribution in [-0.2, 0) is 15.8 Å². The lowest BCUT2D eigenvalue weighted by molar-refractivity contribution is -0.140. The first-order valence-corrected chi connectivity index (χ1v) is 8.16. The molecule has 0 radical (unpaired) electrons. The summed E-state index contributed by atoms with van der Waals surface area (Å²) in [5, 5.41) is 4.94. The van der Waals surface area contributed by atoms with Gasteiger partial charge in [-0.3, -0.25) is 14.9 Å². The van der Waals surface area contributed by atoms with Gasteiger partial charge in [-0.25, -0.2) is 4.98 Å². The van der Waals surface area contributed by atoms with Crippen LogP contribution in [0.4, 0.5) is 18.3 Å². The average Bonchev–Trinajstić information content (AvgIpc) is 3.22. The highest BCUT2D eigenvalue weighted by molar-refractivity contribution is 7.14. The van der Waals surface area contributed by atoms with Gasteiger partial charge in [-0.15, -0.1) is 11.3 Å². The van der Waals surface area contributed by atoms with Crippen LogP contribution < -0.4 is 20.1 Å². The van der Waals surface area contributed by atoms with Gasteiger partial charge in [-0.1, -0.05) is 6.07 Å². The average molecular weight is 387 g/mol. The third-order valence-corrected chi connectivity index (χ3v) is 4.22. The molecule has 0 bridgehead atoms. The quantitative estimate of drug-likeness (QED) is 0.791. The Morgan fingerprint density at radius 3 is 2.65 bits per heavy atom. The Morgan fingerprint density at radius 2 is 1.96 bits per heavy atom. The van der Waals surface area contributed by atoms with E-state index in [1.807, 2.05) is 5.32 Å². The van der Waals surface area contributed by atoms with Crippen LogP contribution in [-0.4, -0.2) is 23.6 Å². The Kier molecular flexibility index (Phi) is 4.72. The van der Waals surface area contributed by atoms with Crippen LogP contribution in [0.25, 0.3) is 0 Å². The number of carbonyl (C=O) groups is 2. The lowest BCUT2D eigenvalue weighted by Crippen LogP contribution is -2.36. The molecule has 0 saturated heterocycles. The fourth-order valence-electron chi connectivity index (χ4n) is 2.14. The fraction of sp³-hybridized carbons (Fsp3) is 0.267. The first-order chi connectivity index (χ1) is 12.2. The van der Waals surface area contributed by atoms with E-state index in [-0.39, 0.29) is 11.9 Å². The Morgan fingerprint density at radius 1 is 1.23 bits per heavy atom. The predicted molar refractivity (Wildman–Crippen MR) is 84.9 cm³/mol. The maximum atomic E-state index is 12.5. The zero-order chi connectivity index (χ0) is 18.9. The molecule has 2 N–H and O–H groups in total. The number of amides is 2. The zero-order valence-electron chi connectivity index (χ0n) is 13.2. The summed E-state index contributed by atoms with van der Waals surface area (Å²) in [5.74, 6) is -1.01. The first kappa shape index (κ1) is 18.0. The topological polar surface area (TPSA) is 89.6 Å². The van der Waals surface area contributed by atoms with Gasteiger partial charge in [-0.2, -0.15) is 13.2 Å². The summed E-state index contributed by atoms with van der Waals surface area (Å²) < 4.78 is 47.9. The van der Waals surface area contributed by atoms with E-state index in [0.29, 0.717) is 28.4 Å². The number of halogens is 3. The van der Waals surface area contributed by atoms with Gasteiger partial charge in [-0.05, 0) is 24.6 Å². The molecule has 138 valence electrons. The number of benzene rings is 1. The maximum absolute atomic E-state index is 12.5. The Hall–Kier alpha value is -2.82. The summed E-state index contributed by atoms with van der Waals surface area (Å²) in [6.45, 7) is 1.75. The molecular formula is C15H12F3N3O4S. The number of hydrogen-bond donors (Lipinski definition) is 2. The Labute approximate surface area is 149 Å². The largest absolute Gasteiger partial charge is 0.454 e. The van der Waals surface area contributed by atoms with Gasteiger partial charge in [0.05, 0.1) is 6.04 Å². The highest BCUT2D eigenvalue weighted by Gasteiger charge is 2.34. The second-order valence-electron chi connectivity index (χ2n) is 5.30. The van der Waals surface area contributed by atoms with Gasteiger partial charge in [0.15, 0.2) is 22.3 Å². The normalized spacial score (nSPS) is 14.0. The van der Waals surface area contributed by atoms with Crippen molar-refractivity contribution in [2.45, 2.75) is 19.1 Å². The van der Waals surface area contributed by atoms with Crippen molar-refractivity contribution >= 4 is 28.3 Å². The van der Waals surface area contributed by atoms with Crippen molar-refractivity contribution in [2.75, 3.05) is 12.1 Å². The van der Waals surface area contributed by atoms with Crippen LogP contribution in [0, 0.1) is 0 Å². The van der Waals surface area contributed by atoms with E-state index in [2.05, 4.69) is 10.3 Å². The summed E-state index contributed by atoms with van der Waals surface area (Å²) in [6, 6.07) is 4.51. The van der Waals surface area contributed by atoms with Crippen LogP contribution in [0.2, 0.25) is 0 Å². The van der Waals surface area contributed by atoms with Gasteiger partial charge in [0.2, 0.25) is 6.79 Å². The Bertz CT molecular complexity index is 853. The van der Waals surface area contributed by atoms with Crippen molar-refractivity contribution < 1.29 is 32.2 Å². The molecule has 1 unspecified atom stereocenters. The standard InChI is InChI=1S/C15H12F3N3O4S/c1-7(8-2-3-9-10(4-8)25-6-24-9)19-12(22)13(23)21-14-20-11(5-26-14)15(16,17)18/h2-5,7H,6H2,1H3,(H,19,22)(H,20,21,23). The lowest BCUT2D eigenvalue weighted by Gasteiger charge is -2.14. The van der Waals surface area contributed by atoms with Crippen LogP contribution in [0.15, 0.2) is 23.6 Å². The molecule has 0 spiro atoms. The monoisotopic (exact) mass is 387 g/mol. The minimum atomic E-state index is -4.62. The van der Waals surface area contributed by atoms with Crippen LogP contribution in [0.1, 0.15) is 24.2 Å². The summed E-state index contributed by atoms with van der Waals surface area (Å²) in [7, 11) is 0. The van der Waals surface area contributed by atoms with E-state index in [1.54, 1.807) is 25.1 Å². The first-order valence-electron chi connectivity index (χ1n) is 7.28. The number of hydrogen-bond acceptors (Lipinski definition) is 6. The molecule has 0 fully saturated rings. The molecule has 1 aliphatic heterocycles. The van der Waals surface area contributed by atoms with Gasteiger partial charge < -0.3 is 14.8 Å². The number of fused-ring (bicyclic) bond motifs is 1. The second-order valence-corrected chi connectivity index (χ2v) is 6.16. The molecule has 26 heavy (non-hydrogen) atoms. The molecule has 1 aromatic carbocycles. The Balaban J connectivity index is 1.60. The summed E-state index contributed by atoms with van der Waals surface area (Å²) >= 11 is 0.577. The summed E-state index contributed by atoms with van der Waals surface area (Å²) in [5.41, 5.74) is -0.462. The van der Waals surface area contributed by atoms with Crippen molar-refractivity contribution in [3.05, 3.63) is 34.8 Å². The number of nitrogens with one attached hydrogen (secondary N) is 2. The minimum Gasteiger partial charge on any atom is -0.454 e. The number of carbonyl (C=O) groups excluding carboxylic acids is 2. The maximum Gasteiger partial charge on any atom is 0.434 e. The molecule has 3 rings (SSSR count). The molecule has 0 saturated carbocycles. The van der Waals surface area contributed by atoms with E-state index in [9.17, 15) is 22.8 Å². The molecule has 0 aliphatic carbocycles. The molecule has 7 nitrogen and oxygen atoms in total. The van der Waals surface area contributed by atoms with E-state index in [1.165, 1.54) is 0 Å². The van der Waals surface area contributed by atoms with Crippen molar-refractivity contribution in [3.63, 3.8) is 0 Å². The van der Waals surface area contributed by atoms with Gasteiger partial charge in [0, 0.05) is 5.38 Å². The van der Waals surface area contributed by atoms with E-state index in [4.69, 9.17) is 9.47 Å². The highest BCUT2D eigenvalue weighted by Crippen LogP contribution is 2.34. The van der Waals surface area contributed by atoms with Crippen LogP contribution in [0.3, 0.4) is 0 Å². The fourth-order valence-corrected chi connectivity index (χ4v) is 2.86. The second kappa shape index (κ2) is 6.83. The number of alkyl halides is 3. The van der Waals surface area contributed by atoms with Crippen LogP contribution >= 0.6 is 11.3 Å². The summed E-state index contributed by atoms with van der Waals surface area (Å²) in [6.07, 6.45) is -4.62. The molecule has 1 aromatic heterocycles. The smallest absolute Gasteiger partial charge is 0.434 e.